The van der Waals surface area contributed by atoms with E-state index in [-0.39, 0.29) is 17.8 Å². The normalized spacial score (nSPS) is 15.1. The zero-order chi connectivity index (χ0) is 21.1. The molecule has 152 valence electrons. The number of hydrogen-bond donors (Lipinski definition) is 1. The second-order valence-electron chi connectivity index (χ2n) is 6.98. The predicted octanol–water partition coefficient (Wildman–Crippen LogP) is 4.80. The van der Waals surface area contributed by atoms with Crippen LogP contribution in [0, 0.1) is 0 Å². The summed E-state index contributed by atoms with van der Waals surface area (Å²) in [4.78, 5) is 29.4. The minimum atomic E-state index is -0.194. The van der Waals surface area contributed by atoms with E-state index in [9.17, 15) is 9.59 Å². The molecule has 0 fully saturated rings. The van der Waals surface area contributed by atoms with Crippen molar-refractivity contribution in [2.75, 3.05) is 6.54 Å². The molecule has 0 radical (unpaired) electrons. The number of benzene rings is 1. The molecule has 1 N–H and O–H groups in total. The maximum atomic E-state index is 12.1. The van der Waals surface area contributed by atoms with Crippen LogP contribution in [0.15, 0.2) is 54.9 Å². The van der Waals surface area contributed by atoms with Crippen LogP contribution in [0.5, 0.6) is 5.75 Å². The number of fused-ring (bicyclic) bond motifs is 1. The van der Waals surface area contributed by atoms with E-state index < -0.39 is 0 Å². The summed E-state index contributed by atoms with van der Waals surface area (Å²) in [5, 5.41) is 3.39. The molecule has 0 saturated heterocycles. The Morgan fingerprint density at radius 1 is 1.33 bits per heavy atom. The summed E-state index contributed by atoms with van der Waals surface area (Å²) in [5.74, 6) is 0.518. The summed E-state index contributed by atoms with van der Waals surface area (Å²) in [5.41, 5.74) is 2.82. The Balaban J connectivity index is 1.39. The third-order valence-electron chi connectivity index (χ3n) is 4.71. The largest absolute Gasteiger partial charge is 0.486 e. The average Bonchev–Trinajstić information content (AvgIpc) is 3.39. The number of rotatable bonds is 6. The van der Waals surface area contributed by atoms with Gasteiger partial charge in [0.2, 0.25) is 5.91 Å². The molecule has 1 unspecified atom stereocenters. The Bertz CT molecular complexity index is 1120. The summed E-state index contributed by atoms with van der Waals surface area (Å²) in [7, 11) is 0. The molecule has 2 aromatic heterocycles. The van der Waals surface area contributed by atoms with Crippen LogP contribution in [0.4, 0.5) is 0 Å². The Morgan fingerprint density at radius 2 is 2.20 bits per heavy atom. The van der Waals surface area contributed by atoms with Crippen molar-refractivity contribution in [1.82, 2.24) is 10.3 Å². The highest BCUT2D eigenvalue weighted by Gasteiger charge is 2.26. The molecule has 7 heteroatoms. The van der Waals surface area contributed by atoms with Crippen molar-refractivity contribution in [3.63, 3.8) is 0 Å². The summed E-state index contributed by atoms with van der Waals surface area (Å²) >= 11 is 7.90. The maximum Gasteiger partial charge on any atom is 0.244 e. The number of Topliss-reactive ketones (excluding diaryl/α,β-unsaturated/α-hetero) is 1. The van der Waals surface area contributed by atoms with Gasteiger partial charge in [-0.15, -0.1) is 11.3 Å². The van der Waals surface area contributed by atoms with Crippen molar-refractivity contribution < 1.29 is 14.3 Å². The van der Waals surface area contributed by atoms with Crippen LogP contribution in [-0.4, -0.2) is 29.3 Å². The SMILES string of the molecule is CC(=O)c1ccc(-c2cc(Cl)c3c(c2)CC(CNC(=O)/C=C\c2cccnc2)O3)s1. The highest BCUT2D eigenvalue weighted by molar-refractivity contribution is 7.17. The number of aromatic nitrogens is 1. The number of hydrogen-bond acceptors (Lipinski definition) is 5. The lowest BCUT2D eigenvalue weighted by molar-refractivity contribution is -0.116. The Morgan fingerprint density at radius 3 is 2.93 bits per heavy atom. The van der Waals surface area contributed by atoms with Gasteiger partial charge in [0.1, 0.15) is 11.9 Å². The van der Waals surface area contributed by atoms with Gasteiger partial charge < -0.3 is 10.1 Å². The Kier molecular flexibility index (Phi) is 5.97. The first kappa shape index (κ1) is 20.3. The molecule has 0 saturated carbocycles. The number of carbonyl (C=O) groups is 2. The van der Waals surface area contributed by atoms with Gasteiger partial charge in [0.05, 0.1) is 16.4 Å². The lowest BCUT2D eigenvalue weighted by Crippen LogP contribution is -2.33. The average molecular weight is 439 g/mol. The van der Waals surface area contributed by atoms with Crippen LogP contribution in [0.25, 0.3) is 16.5 Å². The molecule has 1 atom stereocenters. The number of thiophene rings is 1. The van der Waals surface area contributed by atoms with Crippen LogP contribution >= 0.6 is 22.9 Å². The molecule has 0 bridgehead atoms. The summed E-state index contributed by atoms with van der Waals surface area (Å²) in [6.45, 7) is 1.94. The number of halogens is 1. The number of nitrogens with one attached hydrogen (secondary N) is 1. The smallest absolute Gasteiger partial charge is 0.244 e. The third kappa shape index (κ3) is 4.61. The third-order valence-corrected chi connectivity index (χ3v) is 6.22. The van der Waals surface area contributed by atoms with Crippen molar-refractivity contribution >= 4 is 40.7 Å². The predicted molar refractivity (Wildman–Crippen MR) is 119 cm³/mol. The number of ether oxygens (including phenoxy) is 1. The zero-order valence-electron chi connectivity index (χ0n) is 16.2. The number of ketones is 1. The van der Waals surface area contributed by atoms with Crippen LogP contribution in [-0.2, 0) is 11.2 Å². The molecule has 1 amide bonds. The molecule has 1 aliphatic rings. The summed E-state index contributed by atoms with van der Waals surface area (Å²) in [6, 6.07) is 11.4. The molecule has 4 rings (SSSR count). The second-order valence-corrected chi connectivity index (χ2v) is 8.47. The van der Waals surface area contributed by atoms with Crippen LogP contribution < -0.4 is 10.1 Å². The van der Waals surface area contributed by atoms with Gasteiger partial charge in [0.25, 0.3) is 0 Å². The van der Waals surface area contributed by atoms with Crippen LogP contribution in [0.2, 0.25) is 5.02 Å². The molecule has 5 nitrogen and oxygen atoms in total. The quantitative estimate of drug-likeness (QED) is 0.443. The molecule has 1 aliphatic heterocycles. The minimum Gasteiger partial charge on any atom is -0.486 e. The molecule has 1 aromatic carbocycles. The highest BCUT2D eigenvalue weighted by Crippen LogP contribution is 2.41. The van der Waals surface area contributed by atoms with Crippen molar-refractivity contribution in [3.8, 4) is 16.2 Å². The van der Waals surface area contributed by atoms with Gasteiger partial charge in [-0.05, 0) is 54.5 Å². The van der Waals surface area contributed by atoms with Gasteiger partial charge in [-0.2, -0.15) is 0 Å². The highest BCUT2D eigenvalue weighted by atomic mass is 35.5. The van der Waals surface area contributed by atoms with E-state index in [0.717, 1.165) is 26.4 Å². The monoisotopic (exact) mass is 438 g/mol. The number of nitrogens with zero attached hydrogens (tertiary/aromatic N) is 1. The van der Waals surface area contributed by atoms with E-state index in [1.54, 1.807) is 25.4 Å². The van der Waals surface area contributed by atoms with E-state index in [2.05, 4.69) is 10.3 Å². The van der Waals surface area contributed by atoms with Gasteiger partial charge in [-0.1, -0.05) is 17.7 Å². The number of carbonyl (C=O) groups excluding carboxylic acids is 2. The van der Waals surface area contributed by atoms with Crippen molar-refractivity contribution in [2.24, 2.45) is 0 Å². The minimum absolute atomic E-state index is 0.0511. The topological polar surface area (TPSA) is 68.3 Å². The Hall–Kier alpha value is -2.96. The van der Waals surface area contributed by atoms with Crippen molar-refractivity contribution in [3.05, 3.63) is 75.9 Å². The van der Waals surface area contributed by atoms with E-state index in [1.807, 2.05) is 36.4 Å². The fourth-order valence-corrected chi connectivity index (χ4v) is 4.42. The fraction of sp³-hybridized carbons (Fsp3) is 0.174. The molecule has 0 aliphatic carbocycles. The van der Waals surface area contributed by atoms with Crippen LogP contribution in [0.1, 0.15) is 27.7 Å². The molecule has 3 aromatic rings. The number of amides is 1. The molecule has 30 heavy (non-hydrogen) atoms. The van der Waals surface area contributed by atoms with Gasteiger partial charge >= 0.3 is 0 Å². The van der Waals surface area contributed by atoms with Crippen molar-refractivity contribution in [2.45, 2.75) is 19.4 Å². The summed E-state index contributed by atoms with van der Waals surface area (Å²) < 4.78 is 5.95. The lowest BCUT2D eigenvalue weighted by atomic mass is 10.1. The van der Waals surface area contributed by atoms with Gasteiger partial charge in [-0.25, -0.2) is 0 Å². The first-order valence-corrected chi connectivity index (χ1v) is 10.6. The van der Waals surface area contributed by atoms with E-state index in [0.29, 0.717) is 23.7 Å². The standard InChI is InChI=1S/C23H19ClN2O3S/c1-14(27)20-5-6-21(30-20)16-9-17-10-18(29-23(17)19(24)11-16)13-26-22(28)7-4-15-3-2-8-25-12-15/h2-9,11-12,18H,10,13H2,1H3,(H,26,28)/b7-4-. The van der Waals surface area contributed by atoms with Crippen molar-refractivity contribution in [1.29, 1.82) is 0 Å². The number of pyridine rings is 1. The van der Waals surface area contributed by atoms with E-state index in [1.165, 1.54) is 17.4 Å². The molecule has 3 heterocycles. The van der Waals surface area contributed by atoms with Gasteiger partial charge in [-0.3, -0.25) is 14.6 Å². The van der Waals surface area contributed by atoms with Crippen LogP contribution in [0.3, 0.4) is 0 Å². The molecule has 0 spiro atoms. The van der Waals surface area contributed by atoms with Gasteiger partial charge in [0.15, 0.2) is 5.78 Å². The first-order valence-electron chi connectivity index (χ1n) is 9.46. The first-order chi connectivity index (χ1) is 14.5. The maximum absolute atomic E-state index is 12.1. The van der Waals surface area contributed by atoms with E-state index >= 15 is 0 Å². The molecular formula is C23H19ClN2O3S. The molecular weight excluding hydrogens is 420 g/mol. The second kappa shape index (κ2) is 8.81. The summed E-state index contributed by atoms with van der Waals surface area (Å²) in [6.07, 6.45) is 7.04. The Labute approximate surface area is 183 Å². The lowest BCUT2D eigenvalue weighted by Gasteiger charge is -2.11. The zero-order valence-corrected chi connectivity index (χ0v) is 17.8. The van der Waals surface area contributed by atoms with Gasteiger partial charge in [0, 0.05) is 35.3 Å². The fourth-order valence-electron chi connectivity index (χ4n) is 3.25. The van der Waals surface area contributed by atoms with E-state index in [4.69, 9.17) is 16.3 Å².